The Morgan fingerprint density at radius 3 is 2.35 bits per heavy atom. The Morgan fingerprint density at radius 2 is 1.77 bits per heavy atom. The van der Waals surface area contributed by atoms with Gasteiger partial charge in [0.25, 0.3) is 0 Å². The van der Waals surface area contributed by atoms with Gasteiger partial charge in [0.2, 0.25) is 0 Å². The van der Waals surface area contributed by atoms with Crippen molar-refractivity contribution in [1.29, 1.82) is 0 Å². The maximum atomic E-state index is 12.8. The molecule has 0 fully saturated rings. The van der Waals surface area contributed by atoms with Gasteiger partial charge in [-0.05, 0) is 42.0 Å². The summed E-state index contributed by atoms with van der Waals surface area (Å²) < 4.78 is 67.4. The van der Waals surface area contributed by atoms with Crippen molar-refractivity contribution in [2.24, 2.45) is 0 Å². The molecule has 6 nitrogen and oxygen atoms in total. The van der Waals surface area contributed by atoms with E-state index in [-0.39, 0.29) is 6.54 Å². The van der Waals surface area contributed by atoms with Crippen LogP contribution in [0.3, 0.4) is 0 Å². The lowest BCUT2D eigenvalue weighted by molar-refractivity contribution is -0.137. The Balaban J connectivity index is 1.93. The quantitative estimate of drug-likeness (QED) is 0.503. The third-order valence-corrected chi connectivity index (χ3v) is 6.38. The Labute approximate surface area is 179 Å². The molecule has 0 aliphatic rings. The van der Waals surface area contributed by atoms with Crippen molar-refractivity contribution >= 4 is 15.9 Å². The van der Waals surface area contributed by atoms with Crippen molar-refractivity contribution in [3.05, 3.63) is 79.1 Å². The van der Waals surface area contributed by atoms with Crippen LogP contribution in [0.4, 0.5) is 18.9 Å². The van der Waals surface area contributed by atoms with Gasteiger partial charge in [0.1, 0.15) is 0 Å². The van der Waals surface area contributed by atoms with Crippen molar-refractivity contribution in [3.63, 3.8) is 0 Å². The van der Waals surface area contributed by atoms with Crippen LogP contribution in [-0.4, -0.2) is 43.1 Å². The van der Waals surface area contributed by atoms with Crippen LogP contribution in [-0.2, 0) is 16.4 Å². The molecule has 0 atom stereocenters. The molecule has 2 aromatic carbocycles. The lowest BCUT2D eigenvalue weighted by Crippen LogP contribution is -2.40. The van der Waals surface area contributed by atoms with Crippen molar-refractivity contribution in [2.75, 3.05) is 24.9 Å². The predicted molar refractivity (Wildman–Crippen MR) is 114 cm³/mol. The minimum Gasteiger partial charge on any atom is -0.254 e. The smallest absolute Gasteiger partial charge is 0.254 e. The number of hydrogen-bond donors (Lipinski definition) is 0. The molecular formula is C21H21F3N4O2S. The van der Waals surface area contributed by atoms with Gasteiger partial charge in [0.05, 0.1) is 29.7 Å². The van der Waals surface area contributed by atoms with E-state index >= 15 is 0 Å². The summed E-state index contributed by atoms with van der Waals surface area (Å²) in [6.45, 7) is 3.72. The summed E-state index contributed by atoms with van der Waals surface area (Å²) in [7, 11) is -0.829. The summed E-state index contributed by atoms with van der Waals surface area (Å²) in [5.74, 6) is 0. The third-order valence-electron chi connectivity index (χ3n) is 4.54. The summed E-state index contributed by atoms with van der Waals surface area (Å²) in [4.78, 5) is 0. The fourth-order valence-corrected chi connectivity index (χ4v) is 3.97. The highest BCUT2D eigenvalue weighted by atomic mass is 32.2. The van der Waals surface area contributed by atoms with Crippen molar-refractivity contribution in [1.82, 2.24) is 14.1 Å². The first-order chi connectivity index (χ1) is 14.5. The molecule has 1 aromatic heterocycles. The van der Waals surface area contributed by atoms with Crippen LogP contribution in [0.25, 0.3) is 16.8 Å². The fraction of sp³-hybridized carbons (Fsp3) is 0.190. The van der Waals surface area contributed by atoms with Gasteiger partial charge in [-0.3, -0.25) is 4.31 Å². The molecule has 1 heterocycles. The molecule has 0 saturated carbocycles. The molecule has 10 heteroatoms. The SMILES string of the molecule is C=CCN(c1cccc(-c2cnn(-c3ccc(C(F)(F)F)cc3)c2)c1)S(=O)(=O)N(C)C. The molecule has 0 saturated heterocycles. The lowest BCUT2D eigenvalue weighted by Gasteiger charge is -2.26. The number of nitrogens with zero attached hydrogens (tertiary/aromatic N) is 4. The topological polar surface area (TPSA) is 58.4 Å². The molecular weight excluding hydrogens is 429 g/mol. The monoisotopic (exact) mass is 450 g/mol. The minimum atomic E-state index is -4.40. The van der Waals surface area contributed by atoms with E-state index in [9.17, 15) is 21.6 Å². The zero-order valence-corrected chi connectivity index (χ0v) is 17.7. The van der Waals surface area contributed by atoms with E-state index in [0.29, 0.717) is 22.5 Å². The lowest BCUT2D eigenvalue weighted by atomic mass is 10.1. The number of rotatable bonds is 7. The first kappa shape index (κ1) is 22.6. The summed E-state index contributed by atoms with van der Waals surface area (Å²) in [5.41, 5.74) is 1.58. The molecule has 0 spiro atoms. The standard InChI is InChI=1S/C21H21F3N4O2S/c1-4-12-28(31(29,30)26(2)3)20-7-5-6-16(13-20)17-14-25-27(15-17)19-10-8-18(9-11-19)21(22,23)24/h4-11,13-15H,1,12H2,2-3H3. The van der Waals surface area contributed by atoms with E-state index in [4.69, 9.17) is 0 Å². The molecule has 31 heavy (non-hydrogen) atoms. The van der Waals surface area contributed by atoms with Crippen LogP contribution >= 0.6 is 0 Å². The van der Waals surface area contributed by atoms with Crippen LogP contribution in [0.2, 0.25) is 0 Å². The predicted octanol–water partition coefficient (Wildman–Crippen LogP) is 4.36. The Bertz CT molecular complexity index is 1170. The molecule has 0 radical (unpaired) electrons. The zero-order chi connectivity index (χ0) is 22.8. The van der Waals surface area contributed by atoms with Gasteiger partial charge >= 0.3 is 16.4 Å². The summed E-state index contributed by atoms with van der Waals surface area (Å²) >= 11 is 0. The van der Waals surface area contributed by atoms with E-state index in [0.717, 1.165) is 16.4 Å². The van der Waals surface area contributed by atoms with Crippen molar-refractivity contribution in [3.8, 4) is 16.8 Å². The average molecular weight is 450 g/mol. The second kappa shape index (κ2) is 8.56. The minimum absolute atomic E-state index is 0.0920. The number of aromatic nitrogens is 2. The van der Waals surface area contributed by atoms with Gasteiger partial charge < -0.3 is 0 Å². The van der Waals surface area contributed by atoms with Gasteiger partial charge in [-0.25, -0.2) is 4.68 Å². The van der Waals surface area contributed by atoms with Crippen LogP contribution in [0, 0.1) is 0 Å². The van der Waals surface area contributed by atoms with E-state index in [1.54, 1.807) is 36.7 Å². The molecule has 0 aliphatic carbocycles. The van der Waals surface area contributed by atoms with E-state index < -0.39 is 21.9 Å². The summed E-state index contributed by atoms with van der Waals surface area (Å²) in [6, 6.07) is 11.6. The van der Waals surface area contributed by atoms with Gasteiger partial charge in [-0.2, -0.15) is 31.0 Å². The van der Waals surface area contributed by atoms with Crippen molar-refractivity contribution < 1.29 is 21.6 Å². The van der Waals surface area contributed by atoms with E-state index in [2.05, 4.69) is 11.7 Å². The first-order valence-corrected chi connectivity index (χ1v) is 10.6. The maximum Gasteiger partial charge on any atom is 0.416 e. The van der Waals surface area contributed by atoms with Gasteiger partial charge in [0.15, 0.2) is 0 Å². The summed E-state index contributed by atoms with van der Waals surface area (Å²) in [6.07, 6.45) is 0.323. The maximum absolute atomic E-state index is 12.8. The average Bonchev–Trinajstić information content (AvgIpc) is 3.21. The highest BCUT2D eigenvalue weighted by Crippen LogP contribution is 2.30. The number of halogens is 3. The molecule has 0 amide bonds. The number of anilines is 1. The molecule has 3 aromatic rings. The van der Waals surface area contributed by atoms with Crippen LogP contribution in [0.1, 0.15) is 5.56 Å². The highest BCUT2D eigenvalue weighted by Gasteiger charge is 2.30. The number of alkyl halides is 3. The van der Waals surface area contributed by atoms with Gasteiger partial charge in [-0.15, -0.1) is 6.58 Å². The molecule has 164 valence electrons. The van der Waals surface area contributed by atoms with Gasteiger partial charge in [0, 0.05) is 25.9 Å². The highest BCUT2D eigenvalue weighted by molar-refractivity contribution is 7.90. The summed E-state index contributed by atoms with van der Waals surface area (Å²) in [5, 5.41) is 4.22. The second-order valence-corrected chi connectivity index (χ2v) is 8.95. The van der Waals surface area contributed by atoms with E-state index in [1.807, 2.05) is 0 Å². The molecule has 0 aliphatic heterocycles. The first-order valence-electron chi connectivity index (χ1n) is 9.18. The van der Waals surface area contributed by atoms with Crippen LogP contribution in [0.15, 0.2) is 73.6 Å². The third kappa shape index (κ3) is 4.80. The second-order valence-electron chi connectivity index (χ2n) is 6.88. The number of benzene rings is 2. The molecule has 0 unspecified atom stereocenters. The Kier molecular flexibility index (Phi) is 6.23. The Hall–Kier alpha value is -3.11. The van der Waals surface area contributed by atoms with Crippen molar-refractivity contribution in [2.45, 2.75) is 6.18 Å². The zero-order valence-electron chi connectivity index (χ0n) is 16.9. The largest absolute Gasteiger partial charge is 0.416 e. The molecule has 3 rings (SSSR count). The van der Waals surface area contributed by atoms with Crippen LogP contribution in [0.5, 0.6) is 0 Å². The van der Waals surface area contributed by atoms with E-state index in [1.165, 1.54) is 41.3 Å². The van der Waals surface area contributed by atoms with Gasteiger partial charge in [-0.1, -0.05) is 18.2 Å². The fourth-order valence-electron chi connectivity index (χ4n) is 2.90. The number of hydrogen-bond acceptors (Lipinski definition) is 3. The Morgan fingerprint density at radius 1 is 1.10 bits per heavy atom. The molecule has 0 N–H and O–H groups in total. The molecule has 0 bridgehead atoms. The normalized spacial score (nSPS) is 12.2. The van der Waals surface area contributed by atoms with Crippen LogP contribution < -0.4 is 4.31 Å².